The van der Waals surface area contributed by atoms with Gasteiger partial charge in [0.2, 0.25) is 11.8 Å². The highest BCUT2D eigenvalue weighted by atomic mass is 32.2. The van der Waals surface area contributed by atoms with Crippen LogP contribution in [-0.4, -0.2) is 84.5 Å². The van der Waals surface area contributed by atoms with Crippen LogP contribution >= 0.6 is 11.8 Å². The summed E-state index contributed by atoms with van der Waals surface area (Å²) in [6, 6.07) is -0.481. The summed E-state index contributed by atoms with van der Waals surface area (Å²) >= 11 is 1.65. The number of hydrogen-bond donors (Lipinski definition) is 1. The molecular formula is C17H29N3O4S. The van der Waals surface area contributed by atoms with E-state index in [1.54, 1.807) is 16.7 Å². The number of thioether (sulfide) groups is 1. The van der Waals surface area contributed by atoms with Gasteiger partial charge in [-0.05, 0) is 37.7 Å². The molecule has 142 valence electrons. The van der Waals surface area contributed by atoms with E-state index >= 15 is 0 Å². The Kier molecular flexibility index (Phi) is 8.02. The summed E-state index contributed by atoms with van der Waals surface area (Å²) in [6.45, 7) is 4.39. The average Bonchev–Trinajstić information content (AvgIpc) is 3.01. The van der Waals surface area contributed by atoms with Crippen molar-refractivity contribution in [1.82, 2.24) is 15.1 Å². The Bertz CT molecular complexity index is 483. The van der Waals surface area contributed by atoms with E-state index in [9.17, 15) is 14.4 Å². The molecule has 25 heavy (non-hydrogen) atoms. The first-order valence-electron chi connectivity index (χ1n) is 8.98. The molecular weight excluding hydrogens is 342 g/mol. The van der Waals surface area contributed by atoms with Crippen molar-refractivity contribution in [2.45, 2.75) is 44.8 Å². The molecule has 0 saturated carbocycles. The van der Waals surface area contributed by atoms with Crippen molar-refractivity contribution in [3.8, 4) is 0 Å². The lowest BCUT2D eigenvalue weighted by atomic mass is 10.2. The molecule has 2 fully saturated rings. The topological polar surface area (TPSA) is 79.0 Å². The fourth-order valence-electron chi connectivity index (χ4n) is 3.29. The molecule has 1 N–H and O–H groups in total. The lowest BCUT2D eigenvalue weighted by Gasteiger charge is -2.27. The highest BCUT2D eigenvalue weighted by Crippen LogP contribution is 2.16. The van der Waals surface area contributed by atoms with Gasteiger partial charge < -0.3 is 19.9 Å². The lowest BCUT2D eigenvalue weighted by Crippen LogP contribution is -2.49. The molecule has 2 atom stereocenters. The second-order valence-electron chi connectivity index (χ2n) is 6.54. The summed E-state index contributed by atoms with van der Waals surface area (Å²) in [4.78, 5) is 40.3. The van der Waals surface area contributed by atoms with Crippen LogP contribution in [0.3, 0.4) is 0 Å². The Balaban J connectivity index is 1.92. The Hall–Kier alpha value is -1.28. The van der Waals surface area contributed by atoms with Crippen LogP contribution in [0.1, 0.15) is 32.6 Å². The number of rotatable bonds is 6. The number of ether oxygens (including phenoxy) is 1. The van der Waals surface area contributed by atoms with Crippen LogP contribution in [0.4, 0.5) is 0 Å². The highest BCUT2D eigenvalue weighted by Gasteiger charge is 2.31. The van der Waals surface area contributed by atoms with Crippen LogP contribution in [-0.2, 0) is 19.1 Å². The molecule has 7 nitrogen and oxygen atoms in total. The van der Waals surface area contributed by atoms with Crippen LogP contribution in [0, 0.1) is 0 Å². The summed E-state index contributed by atoms with van der Waals surface area (Å²) in [7, 11) is 0. The number of carbonyl (C=O) groups excluding carboxylic acids is 3. The molecule has 0 aromatic rings. The predicted molar refractivity (Wildman–Crippen MR) is 97.4 cm³/mol. The Morgan fingerprint density at radius 2 is 1.88 bits per heavy atom. The first-order valence-corrected chi connectivity index (χ1v) is 10.4. The molecule has 0 spiro atoms. The van der Waals surface area contributed by atoms with Crippen molar-refractivity contribution in [3.05, 3.63) is 0 Å². The fourth-order valence-corrected chi connectivity index (χ4v) is 3.76. The molecule has 2 aliphatic rings. The van der Waals surface area contributed by atoms with Gasteiger partial charge in [0.1, 0.15) is 12.1 Å². The quantitative estimate of drug-likeness (QED) is 0.735. The second kappa shape index (κ2) is 10.0. The van der Waals surface area contributed by atoms with Gasteiger partial charge in [-0.15, -0.1) is 0 Å². The normalized spacial score (nSPS) is 22.4. The first kappa shape index (κ1) is 20.0. The summed E-state index contributed by atoms with van der Waals surface area (Å²) in [5.74, 6) is 0.626. The van der Waals surface area contributed by atoms with E-state index in [4.69, 9.17) is 4.74 Å². The van der Waals surface area contributed by atoms with Gasteiger partial charge in [-0.25, -0.2) is 0 Å². The summed E-state index contributed by atoms with van der Waals surface area (Å²) in [6.07, 6.45) is 4.76. The first-order chi connectivity index (χ1) is 12.0. The zero-order valence-corrected chi connectivity index (χ0v) is 16.0. The number of hydrogen-bond acceptors (Lipinski definition) is 5. The average molecular weight is 372 g/mol. The number of carbonyl (C=O) groups is 3. The largest absolute Gasteiger partial charge is 0.368 e. The van der Waals surface area contributed by atoms with E-state index in [1.165, 1.54) is 6.92 Å². The Morgan fingerprint density at radius 1 is 1.16 bits per heavy atom. The van der Waals surface area contributed by atoms with Gasteiger partial charge in [0, 0.05) is 39.7 Å². The van der Waals surface area contributed by atoms with Crippen LogP contribution in [0.5, 0.6) is 0 Å². The molecule has 2 rings (SSSR count). The second-order valence-corrected chi connectivity index (χ2v) is 7.53. The van der Waals surface area contributed by atoms with Gasteiger partial charge in [0.25, 0.3) is 5.91 Å². The number of amides is 3. The summed E-state index contributed by atoms with van der Waals surface area (Å²) in [5, 5.41) is 2.77. The molecule has 0 radical (unpaired) electrons. The molecule has 8 heteroatoms. The summed E-state index contributed by atoms with van der Waals surface area (Å²) < 4.78 is 5.49. The van der Waals surface area contributed by atoms with Gasteiger partial charge in [0.05, 0.1) is 0 Å². The van der Waals surface area contributed by atoms with Crippen molar-refractivity contribution >= 4 is 29.5 Å². The van der Waals surface area contributed by atoms with E-state index < -0.39 is 6.04 Å². The van der Waals surface area contributed by atoms with Gasteiger partial charge in [-0.1, -0.05) is 0 Å². The van der Waals surface area contributed by atoms with Crippen molar-refractivity contribution in [3.63, 3.8) is 0 Å². The molecule has 0 unspecified atom stereocenters. The van der Waals surface area contributed by atoms with E-state index in [2.05, 4.69) is 5.32 Å². The number of nitrogens with zero attached hydrogens (tertiary/aromatic N) is 2. The molecule has 0 aromatic heterocycles. The third kappa shape index (κ3) is 5.88. The Labute approximate surface area is 153 Å². The molecule has 3 amide bonds. The van der Waals surface area contributed by atoms with Crippen LogP contribution in [0.2, 0.25) is 0 Å². The lowest BCUT2D eigenvalue weighted by molar-refractivity contribution is -0.141. The standard InChI is InChI=1S/C17H29N3O4S/c1-13(21)18-14(6-12-25-2)16(22)19-7-4-8-20(10-9-19)17(23)15-5-3-11-24-15/h14-15H,3-12H2,1-2H3,(H,18,21)/t14-,15+/m0/s1. The maximum atomic E-state index is 12.8. The highest BCUT2D eigenvalue weighted by molar-refractivity contribution is 7.98. The molecule has 2 heterocycles. The fraction of sp³-hybridized carbons (Fsp3) is 0.824. The number of nitrogens with one attached hydrogen (secondary N) is 1. The van der Waals surface area contributed by atoms with Crippen LogP contribution in [0.15, 0.2) is 0 Å². The molecule has 2 saturated heterocycles. The van der Waals surface area contributed by atoms with E-state index in [-0.39, 0.29) is 23.8 Å². The van der Waals surface area contributed by atoms with Crippen molar-refractivity contribution < 1.29 is 19.1 Å². The van der Waals surface area contributed by atoms with Gasteiger partial charge in [-0.2, -0.15) is 11.8 Å². The third-order valence-corrected chi connectivity index (χ3v) is 5.25. The SMILES string of the molecule is CSCC[C@H](NC(C)=O)C(=O)N1CCCN(C(=O)[C@H]2CCCO2)CC1. The molecule has 0 aliphatic carbocycles. The molecule has 0 bridgehead atoms. The van der Waals surface area contributed by atoms with Gasteiger partial charge >= 0.3 is 0 Å². The molecule has 2 aliphatic heterocycles. The van der Waals surface area contributed by atoms with Gasteiger partial charge in [-0.3, -0.25) is 14.4 Å². The third-order valence-electron chi connectivity index (χ3n) is 4.61. The van der Waals surface area contributed by atoms with Crippen molar-refractivity contribution in [1.29, 1.82) is 0 Å². The van der Waals surface area contributed by atoms with Gasteiger partial charge in [0.15, 0.2) is 0 Å². The van der Waals surface area contributed by atoms with E-state index in [1.807, 2.05) is 11.2 Å². The van der Waals surface area contributed by atoms with Crippen LogP contribution in [0.25, 0.3) is 0 Å². The minimum absolute atomic E-state index is 0.0457. The molecule has 0 aromatic carbocycles. The van der Waals surface area contributed by atoms with E-state index in [0.29, 0.717) is 39.2 Å². The summed E-state index contributed by atoms with van der Waals surface area (Å²) in [5.41, 5.74) is 0. The predicted octanol–water partition coefficient (Wildman–Crippen LogP) is 0.484. The zero-order valence-electron chi connectivity index (χ0n) is 15.2. The maximum absolute atomic E-state index is 12.8. The van der Waals surface area contributed by atoms with Crippen molar-refractivity contribution in [2.24, 2.45) is 0 Å². The maximum Gasteiger partial charge on any atom is 0.251 e. The van der Waals surface area contributed by atoms with Crippen LogP contribution < -0.4 is 5.32 Å². The van der Waals surface area contributed by atoms with E-state index in [0.717, 1.165) is 25.0 Å². The monoisotopic (exact) mass is 371 g/mol. The minimum atomic E-state index is -0.481. The minimum Gasteiger partial charge on any atom is -0.368 e. The smallest absolute Gasteiger partial charge is 0.251 e. The van der Waals surface area contributed by atoms with Crippen molar-refractivity contribution in [2.75, 3.05) is 44.8 Å². The Morgan fingerprint density at radius 3 is 2.52 bits per heavy atom. The zero-order chi connectivity index (χ0) is 18.2.